The van der Waals surface area contributed by atoms with Crippen molar-refractivity contribution in [3.63, 3.8) is 0 Å². The van der Waals surface area contributed by atoms with Gasteiger partial charge in [0.1, 0.15) is 5.75 Å². The molecule has 118 valence electrons. The van der Waals surface area contributed by atoms with Crippen LogP contribution >= 0.6 is 11.6 Å². The lowest BCUT2D eigenvalue weighted by Gasteiger charge is -2.29. The number of rotatable bonds is 6. The van der Waals surface area contributed by atoms with Gasteiger partial charge >= 0.3 is 6.18 Å². The SMILES string of the molecule is CCC(CC(O)(C=O)C(F)(F)F)c1cccc(Cl)c1OC. The van der Waals surface area contributed by atoms with Crippen LogP contribution < -0.4 is 4.74 Å². The highest BCUT2D eigenvalue weighted by Gasteiger charge is 2.54. The minimum absolute atomic E-state index is 0.251. The third-order valence-electron chi connectivity index (χ3n) is 3.38. The zero-order valence-corrected chi connectivity index (χ0v) is 12.3. The van der Waals surface area contributed by atoms with Crippen molar-refractivity contribution in [1.82, 2.24) is 0 Å². The Balaban J connectivity index is 3.21. The summed E-state index contributed by atoms with van der Waals surface area (Å²) in [7, 11) is 1.35. The number of hydrogen-bond donors (Lipinski definition) is 1. The first kappa shape index (κ1) is 17.8. The van der Waals surface area contributed by atoms with Gasteiger partial charge < -0.3 is 9.84 Å². The highest BCUT2D eigenvalue weighted by atomic mass is 35.5. The smallest absolute Gasteiger partial charge is 0.424 e. The summed E-state index contributed by atoms with van der Waals surface area (Å²) >= 11 is 5.95. The van der Waals surface area contributed by atoms with Crippen LogP contribution in [-0.2, 0) is 4.79 Å². The molecule has 1 aromatic rings. The Morgan fingerprint density at radius 2 is 2.05 bits per heavy atom. The van der Waals surface area contributed by atoms with Crippen LogP contribution in [0.15, 0.2) is 18.2 Å². The molecule has 0 saturated carbocycles. The highest BCUT2D eigenvalue weighted by Crippen LogP contribution is 2.42. The number of ether oxygens (including phenoxy) is 1. The Bertz CT molecular complexity index is 505. The zero-order chi connectivity index (χ0) is 16.3. The molecule has 0 spiro atoms. The Labute approximate surface area is 125 Å². The maximum Gasteiger partial charge on any atom is 0.424 e. The van der Waals surface area contributed by atoms with E-state index in [1.54, 1.807) is 25.1 Å². The first-order chi connectivity index (χ1) is 9.70. The number of alkyl halides is 3. The van der Waals surface area contributed by atoms with E-state index in [1.807, 2.05) is 0 Å². The third-order valence-corrected chi connectivity index (χ3v) is 3.68. The van der Waals surface area contributed by atoms with Crippen molar-refractivity contribution < 1.29 is 27.8 Å². The molecule has 1 N–H and O–H groups in total. The van der Waals surface area contributed by atoms with Crippen LogP contribution in [0.3, 0.4) is 0 Å². The molecule has 1 aromatic carbocycles. The summed E-state index contributed by atoms with van der Waals surface area (Å²) in [6.07, 6.45) is -6.00. The van der Waals surface area contributed by atoms with E-state index in [0.29, 0.717) is 5.56 Å². The fourth-order valence-electron chi connectivity index (χ4n) is 2.14. The molecule has 3 nitrogen and oxygen atoms in total. The number of methoxy groups -OCH3 is 1. The zero-order valence-electron chi connectivity index (χ0n) is 11.6. The second-order valence-electron chi connectivity index (χ2n) is 4.71. The van der Waals surface area contributed by atoms with E-state index in [0.717, 1.165) is 0 Å². The van der Waals surface area contributed by atoms with Crippen LogP contribution in [0.1, 0.15) is 31.2 Å². The van der Waals surface area contributed by atoms with Crippen molar-refractivity contribution in [1.29, 1.82) is 0 Å². The number of para-hydroxylation sites is 1. The van der Waals surface area contributed by atoms with Gasteiger partial charge in [-0.2, -0.15) is 13.2 Å². The first-order valence-electron chi connectivity index (χ1n) is 6.28. The molecule has 0 fully saturated rings. The van der Waals surface area contributed by atoms with E-state index in [2.05, 4.69) is 0 Å². The predicted octanol–water partition coefficient (Wildman–Crippen LogP) is 3.72. The van der Waals surface area contributed by atoms with E-state index >= 15 is 0 Å². The molecule has 1 rings (SSSR count). The van der Waals surface area contributed by atoms with Crippen LogP contribution in [-0.4, -0.2) is 30.3 Å². The van der Waals surface area contributed by atoms with Gasteiger partial charge in [-0.3, -0.25) is 4.79 Å². The number of aldehydes is 1. The molecule has 2 unspecified atom stereocenters. The summed E-state index contributed by atoms with van der Waals surface area (Å²) in [6.45, 7) is 1.66. The number of aliphatic hydroxyl groups is 1. The molecular weight excluding hydrogens is 309 g/mol. The van der Waals surface area contributed by atoms with Crippen LogP contribution in [0.25, 0.3) is 0 Å². The lowest BCUT2D eigenvalue weighted by Crippen LogP contribution is -2.47. The second-order valence-corrected chi connectivity index (χ2v) is 5.12. The average Bonchev–Trinajstić information content (AvgIpc) is 2.43. The van der Waals surface area contributed by atoms with Crippen molar-refractivity contribution in [3.05, 3.63) is 28.8 Å². The molecule has 0 amide bonds. The summed E-state index contributed by atoms with van der Waals surface area (Å²) < 4.78 is 43.6. The van der Waals surface area contributed by atoms with E-state index in [9.17, 15) is 23.1 Å². The quantitative estimate of drug-likeness (QED) is 0.811. The molecule has 0 saturated heterocycles. The van der Waals surface area contributed by atoms with Gasteiger partial charge in [0.2, 0.25) is 5.60 Å². The largest absolute Gasteiger partial charge is 0.495 e. The maximum atomic E-state index is 12.8. The van der Waals surface area contributed by atoms with Crippen molar-refractivity contribution in [2.45, 2.75) is 37.5 Å². The minimum atomic E-state index is -5.03. The van der Waals surface area contributed by atoms with Gasteiger partial charge in [-0.1, -0.05) is 30.7 Å². The van der Waals surface area contributed by atoms with Gasteiger partial charge in [0.25, 0.3) is 0 Å². The minimum Gasteiger partial charge on any atom is -0.495 e. The van der Waals surface area contributed by atoms with Gasteiger partial charge in [0.15, 0.2) is 6.29 Å². The van der Waals surface area contributed by atoms with Gasteiger partial charge in [0, 0.05) is 0 Å². The lowest BCUT2D eigenvalue weighted by molar-refractivity contribution is -0.247. The number of benzene rings is 1. The van der Waals surface area contributed by atoms with Gasteiger partial charge in [0.05, 0.1) is 12.1 Å². The molecule has 0 aliphatic heterocycles. The van der Waals surface area contributed by atoms with Crippen LogP contribution in [0.4, 0.5) is 13.2 Å². The van der Waals surface area contributed by atoms with Gasteiger partial charge in [-0.15, -0.1) is 0 Å². The summed E-state index contributed by atoms with van der Waals surface area (Å²) in [6, 6.07) is 4.70. The summed E-state index contributed by atoms with van der Waals surface area (Å²) in [5, 5.41) is 9.84. The summed E-state index contributed by atoms with van der Waals surface area (Å²) in [4.78, 5) is 10.8. The Kier molecular flexibility index (Phi) is 5.64. The standard InChI is InChI=1S/C14H16ClF3O3/c1-3-9(7-13(20,8-19)14(16,17)18)10-5-4-6-11(15)12(10)21-2/h4-6,8-9,20H,3,7H2,1-2H3. The summed E-state index contributed by atoms with van der Waals surface area (Å²) in [5.41, 5.74) is -2.96. The monoisotopic (exact) mass is 324 g/mol. The number of carbonyl (C=O) groups is 1. The first-order valence-corrected chi connectivity index (χ1v) is 6.65. The molecule has 0 aliphatic rings. The molecule has 2 atom stereocenters. The third kappa shape index (κ3) is 3.68. The Hall–Kier alpha value is -1.27. The Morgan fingerprint density at radius 1 is 1.43 bits per heavy atom. The molecule has 0 radical (unpaired) electrons. The fourth-order valence-corrected chi connectivity index (χ4v) is 2.40. The fraction of sp³-hybridized carbons (Fsp3) is 0.500. The van der Waals surface area contributed by atoms with Crippen LogP contribution in [0.2, 0.25) is 5.02 Å². The van der Waals surface area contributed by atoms with Gasteiger partial charge in [-0.05, 0) is 30.4 Å². The van der Waals surface area contributed by atoms with Crippen LogP contribution in [0, 0.1) is 0 Å². The van der Waals surface area contributed by atoms with E-state index in [1.165, 1.54) is 7.11 Å². The molecule has 0 aliphatic carbocycles. The van der Waals surface area contributed by atoms with E-state index in [-0.39, 0.29) is 17.2 Å². The molecule has 7 heteroatoms. The molecule has 21 heavy (non-hydrogen) atoms. The van der Waals surface area contributed by atoms with E-state index < -0.39 is 30.4 Å². The van der Waals surface area contributed by atoms with Crippen molar-refractivity contribution in [2.75, 3.05) is 7.11 Å². The Morgan fingerprint density at radius 3 is 2.48 bits per heavy atom. The highest BCUT2D eigenvalue weighted by molar-refractivity contribution is 6.32. The predicted molar refractivity (Wildman–Crippen MR) is 72.7 cm³/mol. The van der Waals surface area contributed by atoms with E-state index in [4.69, 9.17) is 16.3 Å². The number of hydrogen-bond acceptors (Lipinski definition) is 3. The average molecular weight is 325 g/mol. The molecular formula is C14H16ClF3O3. The number of halogens is 4. The molecule has 0 heterocycles. The maximum absolute atomic E-state index is 12.8. The van der Waals surface area contributed by atoms with Crippen molar-refractivity contribution >= 4 is 17.9 Å². The second kappa shape index (κ2) is 6.66. The normalized spacial score (nSPS) is 16.1. The van der Waals surface area contributed by atoms with Crippen molar-refractivity contribution in [2.24, 2.45) is 0 Å². The molecule has 0 aromatic heterocycles. The summed E-state index contributed by atoms with van der Waals surface area (Å²) in [5.74, 6) is -0.475. The van der Waals surface area contributed by atoms with Crippen LogP contribution in [0.5, 0.6) is 5.75 Å². The lowest BCUT2D eigenvalue weighted by atomic mass is 9.84. The topological polar surface area (TPSA) is 46.5 Å². The number of carbonyl (C=O) groups excluding carboxylic acids is 1. The molecule has 0 bridgehead atoms. The van der Waals surface area contributed by atoms with Gasteiger partial charge in [-0.25, -0.2) is 0 Å². The van der Waals surface area contributed by atoms with Crippen molar-refractivity contribution in [3.8, 4) is 5.75 Å².